The van der Waals surface area contributed by atoms with Crippen LogP contribution in [-0.2, 0) is 4.79 Å². The van der Waals surface area contributed by atoms with Crippen LogP contribution in [0.3, 0.4) is 0 Å². The number of hydrogen-bond acceptors (Lipinski definition) is 2. The number of carbonyl (C=O) groups is 1. The fourth-order valence-corrected chi connectivity index (χ4v) is 2.85. The zero-order chi connectivity index (χ0) is 10.0. The Morgan fingerprint density at radius 1 is 1.21 bits per heavy atom. The molecular weight excluding hydrogens is 178 g/mol. The molecule has 1 unspecified atom stereocenters. The number of rotatable bonds is 1. The van der Waals surface area contributed by atoms with E-state index in [1.165, 1.54) is 32.1 Å². The molecule has 80 valence electrons. The summed E-state index contributed by atoms with van der Waals surface area (Å²) in [5.41, 5.74) is 0.310. The highest BCUT2D eigenvalue weighted by atomic mass is 16.4. The number of nitrogens with one attached hydrogen (secondary N) is 1. The summed E-state index contributed by atoms with van der Waals surface area (Å²) in [5.74, 6) is -0.786. The third-order valence-corrected chi connectivity index (χ3v) is 3.85. The van der Waals surface area contributed by atoms with E-state index in [4.69, 9.17) is 5.11 Å². The van der Waals surface area contributed by atoms with Crippen LogP contribution in [-0.4, -0.2) is 23.2 Å². The molecule has 1 atom stereocenters. The predicted molar refractivity (Wildman–Crippen MR) is 54.2 cm³/mol. The first kappa shape index (κ1) is 9.97. The Hall–Kier alpha value is -0.570. The van der Waals surface area contributed by atoms with Crippen molar-refractivity contribution in [2.24, 2.45) is 5.92 Å². The largest absolute Gasteiger partial charge is 0.481 e. The summed E-state index contributed by atoms with van der Waals surface area (Å²) in [5, 5.41) is 12.4. The topological polar surface area (TPSA) is 49.3 Å². The van der Waals surface area contributed by atoms with Gasteiger partial charge in [-0.1, -0.05) is 19.3 Å². The summed E-state index contributed by atoms with van der Waals surface area (Å²) in [6.45, 7) is 0.676. The van der Waals surface area contributed by atoms with Crippen LogP contribution in [0.1, 0.15) is 44.9 Å². The molecule has 2 aliphatic rings. The van der Waals surface area contributed by atoms with Gasteiger partial charge in [-0.05, 0) is 25.7 Å². The molecule has 3 nitrogen and oxygen atoms in total. The molecule has 1 heterocycles. The highest BCUT2D eigenvalue weighted by Gasteiger charge is 2.37. The van der Waals surface area contributed by atoms with E-state index in [9.17, 15) is 4.79 Å². The van der Waals surface area contributed by atoms with Crippen molar-refractivity contribution in [1.29, 1.82) is 0 Å². The maximum atomic E-state index is 10.8. The Morgan fingerprint density at radius 2 is 1.93 bits per heavy atom. The zero-order valence-corrected chi connectivity index (χ0v) is 8.59. The van der Waals surface area contributed by atoms with Gasteiger partial charge in [-0.25, -0.2) is 0 Å². The van der Waals surface area contributed by atoms with Crippen molar-refractivity contribution in [1.82, 2.24) is 5.32 Å². The van der Waals surface area contributed by atoms with Crippen molar-refractivity contribution in [2.75, 3.05) is 6.54 Å². The number of piperidine rings is 1. The van der Waals surface area contributed by atoms with Gasteiger partial charge in [-0.15, -0.1) is 0 Å². The lowest BCUT2D eigenvalue weighted by Crippen LogP contribution is -2.53. The summed E-state index contributed by atoms with van der Waals surface area (Å²) >= 11 is 0. The molecule has 2 rings (SSSR count). The molecule has 0 aromatic rings. The molecule has 3 heteroatoms. The molecule has 1 saturated heterocycles. The Bertz CT molecular complexity index is 211. The van der Waals surface area contributed by atoms with Gasteiger partial charge >= 0.3 is 5.97 Å². The second kappa shape index (κ2) is 3.89. The molecular formula is C11H19NO2. The standard InChI is InChI=1S/C11H19NO2/c13-10(14)9-4-7-11(12-8-9)5-2-1-3-6-11/h9,12H,1-8H2,(H,13,14). The van der Waals surface area contributed by atoms with Gasteiger partial charge in [0.05, 0.1) is 5.92 Å². The highest BCUT2D eigenvalue weighted by molar-refractivity contribution is 5.70. The first-order valence-electron chi connectivity index (χ1n) is 5.70. The maximum absolute atomic E-state index is 10.8. The van der Waals surface area contributed by atoms with E-state index in [2.05, 4.69) is 5.32 Å². The van der Waals surface area contributed by atoms with Crippen molar-refractivity contribution in [3.05, 3.63) is 0 Å². The molecule has 0 aromatic carbocycles. The highest BCUT2D eigenvalue weighted by Crippen LogP contribution is 2.35. The summed E-state index contributed by atoms with van der Waals surface area (Å²) in [6.07, 6.45) is 8.40. The first-order valence-corrected chi connectivity index (χ1v) is 5.70. The van der Waals surface area contributed by atoms with E-state index in [-0.39, 0.29) is 5.92 Å². The van der Waals surface area contributed by atoms with Crippen molar-refractivity contribution >= 4 is 5.97 Å². The summed E-state index contributed by atoms with van der Waals surface area (Å²) in [4.78, 5) is 10.8. The summed E-state index contributed by atoms with van der Waals surface area (Å²) in [6, 6.07) is 0. The fraction of sp³-hybridized carbons (Fsp3) is 0.909. The molecule has 0 bridgehead atoms. The maximum Gasteiger partial charge on any atom is 0.307 e. The van der Waals surface area contributed by atoms with Gasteiger partial charge in [0, 0.05) is 12.1 Å². The SMILES string of the molecule is O=C(O)C1CCC2(CCCCC2)NC1. The molecule has 1 spiro atoms. The minimum Gasteiger partial charge on any atom is -0.481 e. The van der Waals surface area contributed by atoms with Crippen molar-refractivity contribution in [3.63, 3.8) is 0 Å². The van der Waals surface area contributed by atoms with Crippen molar-refractivity contribution in [3.8, 4) is 0 Å². The van der Waals surface area contributed by atoms with Crippen LogP contribution in [0.15, 0.2) is 0 Å². The molecule has 1 aliphatic carbocycles. The van der Waals surface area contributed by atoms with Gasteiger partial charge in [0.15, 0.2) is 0 Å². The monoisotopic (exact) mass is 197 g/mol. The van der Waals surface area contributed by atoms with E-state index < -0.39 is 5.97 Å². The fourth-order valence-electron chi connectivity index (χ4n) is 2.85. The van der Waals surface area contributed by atoms with E-state index in [0.29, 0.717) is 12.1 Å². The quantitative estimate of drug-likeness (QED) is 0.673. The molecule has 0 aromatic heterocycles. The average molecular weight is 197 g/mol. The van der Waals surface area contributed by atoms with Crippen LogP contribution < -0.4 is 5.32 Å². The van der Waals surface area contributed by atoms with E-state index >= 15 is 0 Å². The van der Waals surface area contributed by atoms with Gasteiger partial charge in [-0.3, -0.25) is 4.79 Å². The Morgan fingerprint density at radius 3 is 2.43 bits per heavy atom. The number of aliphatic carboxylic acids is 1. The molecule has 2 fully saturated rings. The predicted octanol–water partition coefficient (Wildman–Crippen LogP) is 1.77. The lowest BCUT2D eigenvalue weighted by atomic mass is 9.74. The van der Waals surface area contributed by atoms with Gasteiger partial charge in [0.25, 0.3) is 0 Å². The third kappa shape index (κ3) is 1.92. The van der Waals surface area contributed by atoms with Gasteiger partial charge in [0.2, 0.25) is 0 Å². The van der Waals surface area contributed by atoms with Gasteiger partial charge in [-0.2, -0.15) is 0 Å². The lowest BCUT2D eigenvalue weighted by molar-refractivity contribution is -0.142. The average Bonchev–Trinajstić information content (AvgIpc) is 2.19. The smallest absolute Gasteiger partial charge is 0.307 e. The van der Waals surface area contributed by atoms with Crippen LogP contribution in [0.2, 0.25) is 0 Å². The number of hydrogen-bond donors (Lipinski definition) is 2. The minimum absolute atomic E-state index is 0.150. The summed E-state index contributed by atoms with van der Waals surface area (Å²) in [7, 11) is 0. The lowest BCUT2D eigenvalue weighted by Gasteiger charge is -2.43. The van der Waals surface area contributed by atoms with Crippen LogP contribution >= 0.6 is 0 Å². The van der Waals surface area contributed by atoms with E-state index in [1.807, 2.05) is 0 Å². The first-order chi connectivity index (χ1) is 6.72. The molecule has 1 aliphatic heterocycles. The molecule has 1 saturated carbocycles. The molecule has 14 heavy (non-hydrogen) atoms. The van der Waals surface area contributed by atoms with Crippen LogP contribution in [0, 0.1) is 5.92 Å². The van der Waals surface area contributed by atoms with Crippen LogP contribution in [0.5, 0.6) is 0 Å². The number of carboxylic acid groups (broad SMARTS) is 1. The molecule has 0 amide bonds. The van der Waals surface area contributed by atoms with Gasteiger partial charge < -0.3 is 10.4 Å². The van der Waals surface area contributed by atoms with E-state index in [1.54, 1.807) is 0 Å². The van der Waals surface area contributed by atoms with E-state index in [0.717, 1.165) is 12.8 Å². The molecule has 2 N–H and O–H groups in total. The van der Waals surface area contributed by atoms with Crippen molar-refractivity contribution in [2.45, 2.75) is 50.5 Å². The second-order valence-electron chi connectivity index (χ2n) is 4.80. The zero-order valence-electron chi connectivity index (χ0n) is 8.59. The van der Waals surface area contributed by atoms with Crippen molar-refractivity contribution < 1.29 is 9.90 Å². The van der Waals surface area contributed by atoms with Gasteiger partial charge in [0.1, 0.15) is 0 Å². The second-order valence-corrected chi connectivity index (χ2v) is 4.80. The van der Waals surface area contributed by atoms with Crippen LogP contribution in [0.4, 0.5) is 0 Å². The Kier molecular flexibility index (Phi) is 2.77. The molecule has 0 radical (unpaired) electrons. The Labute approximate surface area is 84.9 Å². The summed E-state index contributed by atoms with van der Waals surface area (Å²) < 4.78 is 0. The Balaban J connectivity index is 1.90. The third-order valence-electron chi connectivity index (χ3n) is 3.85. The minimum atomic E-state index is -0.636. The van der Waals surface area contributed by atoms with Crippen LogP contribution in [0.25, 0.3) is 0 Å². The normalized spacial score (nSPS) is 31.6. The number of carboxylic acids is 1.